The quantitative estimate of drug-likeness (QED) is 0.857. The molecule has 6 heteroatoms. The lowest BCUT2D eigenvalue weighted by Gasteiger charge is -2.21. The summed E-state index contributed by atoms with van der Waals surface area (Å²) >= 11 is 1.46. The Kier molecular flexibility index (Phi) is 5.14. The van der Waals surface area contributed by atoms with Crippen molar-refractivity contribution in [2.75, 3.05) is 31.1 Å². The van der Waals surface area contributed by atoms with Crippen molar-refractivity contribution in [1.29, 1.82) is 0 Å². The first-order valence-electron chi connectivity index (χ1n) is 8.49. The van der Waals surface area contributed by atoms with E-state index in [4.69, 9.17) is 0 Å². The van der Waals surface area contributed by atoms with Crippen molar-refractivity contribution < 1.29 is 4.79 Å². The van der Waals surface area contributed by atoms with Gasteiger partial charge >= 0.3 is 0 Å². The van der Waals surface area contributed by atoms with Crippen molar-refractivity contribution in [1.82, 2.24) is 14.3 Å². The molecular weight excluding hydrogens is 320 g/mol. The molecule has 5 nitrogen and oxygen atoms in total. The van der Waals surface area contributed by atoms with Crippen LogP contribution in [0.15, 0.2) is 24.3 Å². The molecule has 0 bridgehead atoms. The zero-order valence-corrected chi connectivity index (χ0v) is 15.3. The zero-order chi connectivity index (χ0) is 17.1. The molecule has 0 spiro atoms. The Morgan fingerprint density at radius 1 is 1.21 bits per heavy atom. The van der Waals surface area contributed by atoms with E-state index in [1.54, 1.807) is 0 Å². The maximum atomic E-state index is 12.7. The summed E-state index contributed by atoms with van der Waals surface area (Å²) < 4.78 is 4.44. The van der Waals surface area contributed by atoms with Gasteiger partial charge in [0.2, 0.25) is 5.13 Å². The van der Waals surface area contributed by atoms with Gasteiger partial charge in [-0.25, -0.2) is 4.98 Å². The molecule has 0 unspecified atom stereocenters. The molecule has 0 atom stereocenters. The molecule has 2 heterocycles. The number of rotatable bonds is 3. The summed E-state index contributed by atoms with van der Waals surface area (Å²) in [4.78, 5) is 21.6. The van der Waals surface area contributed by atoms with Gasteiger partial charge in [0.15, 0.2) is 0 Å². The van der Waals surface area contributed by atoms with Gasteiger partial charge in [0, 0.05) is 49.2 Å². The van der Waals surface area contributed by atoms with Crippen LogP contribution >= 0.6 is 11.5 Å². The van der Waals surface area contributed by atoms with Gasteiger partial charge in [-0.3, -0.25) is 4.79 Å². The first-order chi connectivity index (χ1) is 11.5. The predicted molar refractivity (Wildman–Crippen MR) is 97.9 cm³/mol. The van der Waals surface area contributed by atoms with E-state index >= 15 is 0 Å². The van der Waals surface area contributed by atoms with E-state index in [0.29, 0.717) is 5.92 Å². The highest BCUT2D eigenvalue weighted by Crippen LogP contribution is 2.23. The lowest BCUT2D eigenvalue weighted by atomic mass is 10.1. The lowest BCUT2D eigenvalue weighted by Crippen LogP contribution is -2.35. The van der Waals surface area contributed by atoms with E-state index < -0.39 is 0 Å². The molecule has 0 saturated carbocycles. The van der Waals surface area contributed by atoms with Gasteiger partial charge in [0.05, 0.1) is 0 Å². The maximum absolute atomic E-state index is 12.7. The van der Waals surface area contributed by atoms with E-state index in [2.05, 4.69) is 28.1 Å². The minimum absolute atomic E-state index is 0.126. The maximum Gasteiger partial charge on any atom is 0.253 e. The lowest BCUT2D eigenvalue weighted by molar-refractivity contribution is 0.0767. The average Bonchev–Trinajstić information content (AvgIpc) is 2.93. The Morgan fingerprint density at radius 2 is 2.04 bits per heavy atom. The van der Waals surface area contributed by atoms with Gasteiger partial charge in [-0.15, -0.1) is 0 Å². The summed E-state index contributed by atoms with van der Waals surface area (Å²) in [7, 11) is 0. The number of aromatic nitrogens is 2. The van der Waals surface area contributed by atoms with Gasteiger partial charge in [0.1, 0.15) is 5.82 Å². The third-order valence-corrected chi connectivity index (χ3v) is 5.06. The number of aryl methyl sites for hydroxylation is 1. The van der Waals surface area contributed by atoms with E-state index in [1.807, 2.05) is 36.1 Å². The molecule has 1 saturated heterocycles. The van der Waals surface area contributed by atoms with Crippen LogP contribution in [0.1, 0.15) is 47.9 Å². The van der Waals surface area contributed by atoms with E-state index in [1.165, 1.54) is 11.5 Å². The number of carbonyl (C=O) groups excluding carboxylic acids is 1. The van der Waals surface area contributed by atoms with Crippen LogP contribution in [0.3, 0.4) is 0 Å². The monoisotopic (exact) mass is 344 g/mol. The van der Waals surface area contributed by atoms with Gasteiger partial charge in [-0.2, -0.15) is 4.37 Å². The highest BCUT2D eigenvalue weighted by atomic mass is 32.1. The molecule has 0 radical (unpaired) electrons. The number of benzene rings is 1. The summed E-state index contributed by atoms with van der Waals surface area (Å²) in [6.07, 6.45) is 0.953. The fourth-order valence-electron chi connectivity index (χ4n) is 2.86. The van der Waals surface area contributed by atoms with Gasteiger partial charge in [0.25, 0.3) is 5.91 Å². The Hall–Kier alpha value is -1.95. The summed E-state index contributed by atoms with van der Waals surface area (Å²) in [5.41, 5.74) is 1.90. The summed E-state index contributed by atoms with van der Waals surface area (Å²) in [5, 5.41) is 0.976. The smallest absolute Gasteiger partial charge is 0.253 e. The van der Waals surface area contributed by atoms with Crippen molar-refractivity contribution in [2.45, 2.75) is 33.1 Å². The van der Waals surface area contributed by atoms with Crippen LogP contribution < -0.4 is 4.90 Å². The van der Waals surface area contributed by atoms with E-state index in [0.717, 1.165) is 54.7 Å². The molecule has 0 N–H and O–H groups in total. The Morgan fingerprint density at radius 3 is 2.75 bits per heavy atom. The topological polar surface area (TPSA) is 49.3 Å². The Bertz CT molecular complexity index is 713. The van der Waals surface area contributed by atoms with Crippen LogP contribution in [0.4, 0.5) is 5.13 Å². The molecule has 1 aliphatic heterocycles. The molecule has 1 aromatic heterocycles. The second-order valence-corrected chi connectivity index (χ2v) is 7.32. The van der Waals surface area contributed by atoms with Gasteiger partial charge < -0.3 is 9.80 Å². The van der Waals surface area contributed by atoms with Gasteiger partial charge in [-0.05, 0) is 25.5 Å². The molecule has 1 aromatic carbocycles. The third kappa shape index (κ3) is 3.75. The normalized spacial score (nSPS) is 15.7. The molecule has 1 aliphatic rings. The third-order valence-electron chi connectivity index (χ3n) is 4.27. The number of anilines is 1. The van der Waals surface area contributed by atoms with Crippen LogP contribution in [0.2, 0.25) is 0 Å². The van der Waals surface area contributed by atoms with Crippen molar-refractivity contribution in [2.24, 2.45) is 0 Å². The summed E-state index contributed by atoms with van der Waals surface area (Å²) in [5.74, 6) is 1.38. The highest BCUT2D eigenvalue weighted by molar-refractivity contribution is 7.09. The van der Waals surface area contributed by atoms with Crippen molar-refractivity contribution >= 4 is 22.6 Å². The summed E-state index contributed by atoms with van der Waals surface area (Å²) in [6, 6.07) is 7.83. The molecular formula is C18H24N4OS. The molecule has 1 fully saturated rings. The molecule has 0 aliphatic carbocycles. The second kappa shape index (κ2) is 7.30. The molecule has 128 valence electrons. The minimum atomic E-state index is 0.126. The largest absolute Gasteiger partial charge is 0.345 e. The number of hydrogen-bond donors (Lipinski definition) is 0. The van der Waals surface area contributed by atoms with Crippen LogP contribution in [-0.4, -0.2) is 46.3 Å². The second-order valence-electron chi connectivity index (χ2n) is 6.59. The predicted octanol–water partition coefficient (Wildman–Crippen LogP) is 3.32. The SMILES string of the molecule is Cc1cccc(C(=O)N2CCCN(c3nc(C(C)C)ns3)CC2)c1. The van der Waals surface area contributed by atoms with Crippen LogP contribution in [0.5, 0.6) is 0 Å². The average molecular weight is 344 g/mol. The van der Waals surface area contributed by atoms with E-state index in [9.17, 15) is 4.79 Å². The van der Waals surface area contributed by atoms with E-state index in [-0.39, 0.29) is 5.91 Å². The van der Waals surface area contributed by atoms with Crippen molar-refractivity contribution in [3.05, 3.63) is 41.2 Å². The van der Waals surface area contributed by atoms with Crippen LogP contribution in [0, 0.1) is 6.92 Å². The van der Waals surface area contributed by atoms with Gasteiger partial charge in [-0.1, -0.05) is 31.5 Å². The standard InChI is InChI=1S/C18H24N4OS/c1-13(2)16-19-18(24-20-16)22-9-5-8-21(10-11-22)17(23)15-7-4-6-14(3)12-15/h4,6-7,12-13H,5,8-11H2,1-3H3. The molecule has 3 rings (SSSR count). The molecule has 24 heavy (non-hydrogen) atoms. The fraction of sp³-hybridized carbons (Fsp3) is 0.500. The zero-order valence-electron chi connectivity index (χ0n) is 14.5. The van der Waals surface area contributed by atoms with Crippen LogP contribution in [-0.2, 0) is 0 Å². The number of nitrogens with zero attached hydrogens (tertiary/aromatic N) is 4. The first kappa shape index (κ1) is 16.9. The Balaban J connectivity index is 1.67. The first-order valence-corrected chi connectivity index (χ1v) is 9.26. The highest BCUT2D eigenvalue weighted by Gasteiger charge is 2.22. The number of amides is 1. The molecule has 2 aromatic rings. The van der Waals surface area contributed by atoms with Crippen molar-refractivity contribution in [3.8, 4) is 0 Å². The Labute approximate surface area is 147 Å². The van der Waals surface area contributed by atoms with Crippen molar-refractivity contribution in [3.63, 3.8) is 0 Å². The molecule has 1 amide bonds. The fourth-order valence-corrected chi connectivity index (χ4v) is 3.72. The number of hydrogen-bond acceptors (Lipinski definition) is 5. The van der Waals surface area contributed by atoms with Crippen LogP contribution in [0.25, 0.3) is 0 Å². The summed E-state index contributed by atoms with van der Waals surface area (Å²) in [6.45, 7) is 9.48. The number of carbonyl (C=O) groups is 1. The minimum Gasteiger partial charge on any atom is -0.345 e.